The highest BCUT2D eigenvalue weighted by atomic mass is 16.5. The lowest BCUT2D eigenvalue weighted by Gasteiger charge is -2.56. The molecular weight excluding hydrogens is 416 g/mol. The van der Waals surface area contributed by atoms with E-state index in [2.05, 4.69) is 53.1 Å². The summed E-state index contributed by atoms with van der Waals surface area (Å²) < 4.78 is 7.52. The maximum Gasteiger partial charge on any atom is 0.0975 e. The summed E-state index contributed by atoms with van der Waals surface area (Å²) >= 11 is 0. The summed E-state index contributed by atoms with van der Waals surface area (Å²) in [7, 11) is 0. The lowest BCUT2D eigenvalue weighted by atomic mass is 9.59. The fourth-order valence-electron chi connectivity index (χ4n) is 9.76. The third-order valence-electron chi connectivity index (χ3n) is 11.6. The van der Waals surface area contributed by atoms with Gasteiger partial charge in [-0.1, -0.05) is 43.3 Å². The van der Waals surface area contributed by atoms with E-state index < -0.39 is 0 Å². The SMILES string of the molecule is C[C@]12CC=C3C=C4CC[C@@H](N5CCC5)C[C@]45CC[C@]3(O5)[C@@H]1CC[C@@H]2N1CCc2ccccc2C1. The molecule has 4 fully saturated rings. The minimum Gasteiger partial charge on any atom is -0.359 e. The van der Waals surface area contributed by atoms with Gasteiger partial charge in [-0.05, 0) is 111 Å². The maximum absolute atomic E-state index is 7.52. The van der Waals surface area contributed by atoms with Gasteiger partial charge in [0.2, 0.25) is 0 Å². The second-order valence-corrected chi connectivity index (χ2v) is 12.9. The Labute approximate surface area is 205 Å². The third-order valence-corrected chi connectivity index (χ3v) is 11.6. The van der Waals surface area contributed by atoms with Gasteiger partial charge < -0.3 is 9.64 Å². The van der Waals surface area contributed by atoms with E-state index in [9.17, 15) is 0 Å². The van der Waals surface area contributed by atoms with Gasteiger partial charge in [-0.25, -0.2) is 0 Å². The minimum absolute atomic E-state index is 0.00419. The van der Waals surface area contributed by atoms with Gasteiger partial charge in [0, 0.05) is 25.2 Å². The molecule has 4 heterocycles. The highest BCUT2D eigenvalue weighted by molar-refractivity contribution is 5.47. The number of hydrogen-bond acceptors (Lipinski definition) is 3. The molecule has 3 aliphatic carbocycles. The Morgan fingerprint density at radius 3 is 2.68 bits per heavy atom. The van der Waals surface area contributed by atoms with Crippen molar-refractivity contribution in [3.05, 3.63) is 58.7 Å². The molecule has 3 nitrogen and oxygen atoms in total. The number of ether oxygens (including phenoxy) is 1. The van der Waals surface area contributed by atoms with Gasteiger partial charge in [-0.15, -0.1) is 0 Å². The molecule has 1 aromatic rings. The van der Waals surface area contributed by atoms with Crippen LogP contribution in [0.1, 0.15) is 75.8 Å². The van der Waals surface area contributed by atoms with Crippen LogP contribution in [0.5, 0.6) is 0 Å². The number of allylic oxidation sites excluding steroid dienone is 1. The second kappa shape index (κ2) is 7.08. The Balaban J connectivity index is 1.11. The van der Waals surface area contributed by atoms with Crippen LogP contribution in [0.25, 0.3) is 0 Å². The molecule has 0 N–H and O–H groups in total. The maximum atomic E-state index is 7.52. The molecule has 0 radical (unpaired) electrons. The number of benzene rings is 1. The molecule has 4 aliphatic heterocycles. The Kier molecular flexibility index (Phi) is 4.32. The Hall–Kier alpha value is -1.42. The Morgan fingerprint density at radius 1 is 0.941 bits per heavy atom. The van der Waals surface area contributed by atoms with E-state index in [0.29, 0.717) is 17.4 Å². The molecule has 2 bridgehead atoms. The van der Waals surface area contributed by atoms with Crippen molar-refractivity contribution in [2.75, 3.05) is 19.6 Å². The van der Waals surface area contributed by atoms with Crippen molar-refractivity contribution in [1.82, 2.24) is 9.80 Å². The van der Waals surface area contributed by atoms with Gasteiger partial charge in [0.05, 0.1) is 11.2 Å². The van der Waals surface area contributed by atoms with Crippen LogP contribution in [-0.4, -0.2) is 52.7 Å². The highest BCUT2D eigenvalue weighted by Crippen LogP contribution is 2.67. The first-order valence-electron chi connectivity index (χ1n) is 14.3. The predicted octanol–water partition coefficient (Wildman–Crippen LogP) is 5.65. The van der Waals surface area contributed by atoms with E-state index in [-0.39, 0.29) is 11.2 Å². The fraction of sp³-hybridized carbons (Fsp3) is 0.677. The molecule has 6 atom stereocenters. The first kappa shape index (κ1) is 20.7. The number of rotatable bonds is 2. The first-order valence-corrected chi connectivity index (χ1v) is 14.3. The van der Waals surface area contributed by atoms with Gasteiger partial charge in [0.1, 0.15) is 0 Å². The summed E-state index contributed by atoms with van der Waals surface area (Å²) in [5.41, 5.74) is 6.73. The first-order chi connectivity index (χ1) is 16.6. The fourth-order valence-corrected chi connectivity index (χ4v) is 9.76. The monoisotopic (exact) mass is 456 g/mol. The molecular formula is C31H40N2O. The van der Waals surface area contributed by atoms with Crippen LogP contribution in [-0.2, 0) is 17.7 Å². The van der Waals surface area contributed by atoms with Crippen LogP contribution in [0, 0.1) is 11.3 Å². The molecule has 0 aromatic heterocycles. The van der Waals surface area contributed by atoms with Crippen molar-refractivity contribution >= 4 is 0 Å². The molecule has 3 heteroatoms. The summed E-state index contributed by atoms with van der Waals surface area (Å²) in [5, 5.41) is 0. The van der Waals surface area contributed by atoms with E-state index >= 15 is 0 Å². The molecule has 2 saturated carbocycles. The average molecular weight is 457 g/mol. The largest absolute Gasteiger partial charge is 0.359 e. The van der Waals surface area contributed by atoms with Crippen molar-refractivity contribution in [3.63, 3.8) is 0 Å². The van der Waals surface area contributed by atoms with Crippen LogP contribution in [0.15, 0.2) is 47.6 Å². The van der Waals surface area contributed by atoms with Crippen molar-refractivity contribution < 1.29 is 4.74 Å². The molecule has 0 unspecified atom stereocenters. The summed E-state index contributed by atoms with van der Waals surface area (Å²) in [4.78, 5) is 5.60. The van der Waals surface area contributed by atoms with Gasteiger partial charge in [-0.2, -0.15) is 0 Å². The van der Waals surface area contributed by atoms with E-state index in [4.69, 9.17) is 4.74 Å². The van der Waals surface area contributed by atoms with Crippen LogP contribution in [0.3, 0.4) is 0 Å². The quantitative estimate of drug-likeness (QED) is 0.572. The number of nitrogens with zero attached hydrogens (tertiary/aromatic N) is 2. The molecule has 180 valence electrons. The molecule has 1 aromatic carbocycles. The van der Waals surface area contributed by atoms with Gasteiger partial charge in [-0.3, -0.25) is 4.90 Å². The van der Waals surface area contributed by atoms with Crippen molar-refractivity contribution in [3.8, 4) is 0 Å². The van der Waals surface area contributed by atoms with Crippen LogP contribution in [0.2, 0.25) is 0 Å². The van der Waals surface area contributed by atoms with E-state index in [1.807, 2.05) is 0 Å². The lowest BCUT2D eigenvalue weighted by Crippen LogP contribution is -2.58. The summed E-state index contributed by atoms with van der Waals surface area (Å²) in [6, 6.07) is 10.6. The molecule has 7 aliphatic rings. The molecule has 0 amide bonds. The van der Waals surface area contributed by atoms with Crippen molar-refractivity contribution in [2.45, 2.75) is 101 Å². The number of likely N-dealkylation sites (tertiary alicyclic amines) is 1. The predicted molar refractivity (Wildman–Crippen MR) is 136 cm³/mol. The zero-order chi connectivity index (χ0) is 22.5. The lowest BCUT2D eigenvalue weighted by molar-refractivity contribution is -0.147. The normalized spacial score (nSPS) is 45.4. The van der Waals surface area contributed by atoms with Gasteiger partial charge in [0.25, 0.3) is 0 Å². The molecule has 34 heavy (non-hydrogen) atoms. The minimum atomic E-state index is -0.00419. The van der Waals surface area contributed by atoms with Crippen LogP contribution in [0.4, 0.5) is 0 Å². The number of fused-ring (bicyclic) bond motifs is 2. The van der Waals surface area contributed by atoms with Gasteiger partial charge in [0.15, 0.2) is 0 Å². The third kappa shape index (κ3) is 2.64. The van der Waals surface area contributed by atoms with Crippen molar-refractivity contribution in [1.29, 1.82) is 0 Å². The van der Waals surface area contributed by atoms with Crippen LogP contribution >= 0.6 is 0 Å². The topological polar surface area (TPSA) is 15.7 Å². The highest BCUT2D eigenvalue weighted by Gasteiger charge is 2.67. The summed E-state index contributed by atoms with van der Waals surface area (Å²) in [5.74, 6) is 0.670. The summed E-state index contributed by atoms with van der Waals surface area (Å²) in [6.07, 6.45) is 18.2. The van der Waals surface area contributed by atoms with Crippen molar-refractivity contribution in [2.24, 2.45) is 11.3 Å². The van der Waals surface area contributed by atoms with E-state index in [1.54, 1.807) is 22.3 Å². The molecule has 8 rings (SSSR count). The van der Waals surface area contributed by atoms with E-state index in [0.717, 1.165) is 12.6 Å². The summed E-state index contributed by atoms with van der Waals surface area (Å²) in [6.45, 7) is 7.63. The second-order valence-electron chi connectivity index (χ2n) is 12.9. The van der Waals surface area contributed by atoms with E-state index in [1.165, 1.54) is 83.8 Å². The zero-order valence-corrected chi connectivity index (χ0v) is 20.9. The Morgan fingerprint density at radius 2 is 1.82 bits per heavy atom. The standard InChI is InChI=1S/C31H40N2O/c1-29-13-11-25-19-24-7-8-26(32-16-4-17-32)20-30(24)14-15-31(25,34-30)27(29)9-10-28(29)33-18-12-22-5-2-3-6-23(22)21-33/h2-3,5-6,11,19,26-28H,4,7-10,12-18,20-21H2,1H3/t26-,27-,28+,29+,30-,31-/m1/s1. The molecule has 2 spiro atoms. The zero-order valence-electron chi connectivity index (χ0n) is 20.9. The smallest absolute Gasteiger partial charge is 0.0975 e. The molecule has 2 saturated heterocycles. The average Bonchev–Trinajstić information content (AvgIpc) is 3.33. The van der Waals surface area contributed by atoms with Gasteiger partial charge >= 0.3 is 0 Å². The Bertz CT molecular complexity index is 1090. The van der Waals surface area contributed by atoms with Crippen LogP contribution < -0.4 is 0 Å². The number of hydrogen-bond donors (Lipinski definition) is 0.